The molecule has 11 heavy (non-hydrogen) atoms. The third kappa shape index (κ3) is 2.71. The van der Waals surface area contributed by atoms with E-state index in [0.29, 0.717) is 0 Å². The van der Waals surface area contributed by atoms with Crippen molar-refractivity contribution in [2.24, 2.45) is 0 Å². The van der Waals surface area contributed by atoms with Gasteiger partial charge in [-0.3, -0.25) is 0 Å². The number of hydrogen-bond acceptors (Lipinski definition) is 0. The van der Waals surface area contributed by atoms with Crippen LogP contribution in [0.5, 0.6) is 0 Å². The lowest BCUT2D eigenvalue weighted by Crippen LogP contribution is -2.01. The highest BCUT2D eigenvalue weighted by molar-refractivity contribution is 5.94. The Labute approximate surface area is 72.6 Å². The highest BCUT2D eigenvalue weighted by Gasteiger charge is 2.09. The highest BCUT2D eigenvalue weighted by Crippen LogP contribution is 2.12. The minimum atomic E-state index is 0. The topological polar surface area (TPSA) is 36.4 Å². The van der Waals surface area contributed by atoms with Gasteiger partial charge in [-0.15, -0.1) is 12.4 Å². The first-order valence-corrected chi connectivity index (χ1v) is 3.29. The van der Waals surface area contributed by atoms with Gasteiger partial charge in [0, 0.05) is 6.08 Å². The average molecular weight is 171 g/mol. The summed E-state index contributed by atoms with van der Waals surface area (Å²) in [6, 6.07) is 0. The molecule has 1 rings (SSSR count). The lowest BCUT2D eigenvalue weighted by Gasteiger charge is -2.01. The number of nitrogens with zero attached hydrogens (tertiary/aromatic N) is 2. The van der Waals surface area contributed by atoms with Gasteiger partial charge in [0.05, 0.1) is 6.42 Å². The van der Waals surface area contributed by atoms with Crippen LogP contribution in [0.15, 0.2) is 23.3 Å². The predicted molar refractivity (Wildman–Crippen MR) is 48.0 cm³/mol. The summed E-state index contributed by atoms with van der Waals surface area (Å²) in [6.07, 6.45) is 4.75. The summed E-state index contributed by atoms with van der Waals surface area (Å²) in [5.74, 6) is 0. The molecule has 2 nitrogen and oxygen atoms in total. The molecule has 0 N–H and O–H groups in total. The molecule has 0 atom stereocenters. The molecule has 0 bridgehead atoms. The molecular formula is C8H11ClN2. The fourth-order valence-electron chi connectivity index (χ4n) is 1.15. The normalized spacial score (nSPS) is 16.0. The number of hydrogen-bond donors (Lipinski definition) is 0. The second kappa shape index (κ2) is 4.12. The molecule has 0 aromatic carbocycles. The van der Waals surface area contributed by atoms with Gasteiger partial charge in [-0.1, -0.05) is 11.6 Å². The standard InChI is InChI=1S/C8H10N2.ClH/c1-6-3-7(2)5-8(4-6)10-9;/h3-4H,5H2,1-2H3;1H. The van der Waals surface area contributed by atoms with Crippen LogP contribution in [0.3, 0.4) is 0 Å². The third-order valence-corrected chi connectivity index (χ3v) is 1.46. The Morgan fingerprint density at radius 1 is 1.36 bits per heavy atom. The minimum absolute atomic E-state index is 0. The fourth-order valence-corrected chi connectivity index (χ4v) is 1.15. The monoisotopic (exact) mass is 170 g/mol. The van der Waals surface area contributed by atoms with E-state index < -0.39 is 0 Å². The minimum Gasteiger partial charge on any atom is -0.361 e. The average Bonchev–Trinajstić information content (AvgIpc) is 1.85. The van der Waals surface area contributed by atoms with Gasteiger partial charge in [0.2, 0.25) is 0 Å². The van der Waals surface area contributed by atoms with Crippen molar-refractivity contribution in [1.82, 2.24) is 0 Å². The zero-order chi connectivity index (χ0) is 7.56. The summed E-state index contributed by atoms with van der Waals surface area (Å²) in [5.41, 5.74) is 11.6. The summed E-state index contributed by atoms with van der Waals surface area (Å²) in [5, 5.41) is 0. The lowest BCUT2D eigenvalue weighted by molar-refractivity contribution is -0.00564. The van der Waals surface area contributed by atoms with E-state index >= 15 is 0 Å². The zero-order valence-corrected chi connectivity index (χ0v) is 7.48. The maximum Gasteiger partial charge on any atom is 0.296 e. The molecule has 0 radical (unpaired) electrons. The molecule has 0 amide bonds. The molecule has 0 aromatic rings. The van der Waals surface area contributed by atoms with Gasteiger partial charge in [0.25, 0.3) is 5.71 Å². The maximum absolute atomic E-state index is 8.44. The Bertz CT molecular complexity index is 257. The van der Waals surface area contributed by atoms with Crippen molar-refractivity contribution in [2.45, 2.75) is 20.3 Å². The van der Waals surface area contributed by atoms with Crippen LogP contribution in [-0.2, 0) is 0 Å². The molecule has 0 heterocycles. The van der Waals surface area contributed by atoms with E-state index in [9.17, 15) is 0 Å². The van der Waals surface area contributed by atoms with Crippen molar-refractivity contribution in [3.63, 3.8) is 0 Å². The van der Waals surface area contributed by atoms with Crippen LogP contribution < -0.4 is 0 Å². The van der Waals surface area contributed by atoms with Crippen molar-refractivity contribution in [1.29, 1.82) is 0 Å². The Morgan fingerprint density at radius 3 is 2.45 bits per heavy atom. The fraction of sp³-hybridized carbons (Fsp3) is 0.375. The molecule has 1 aliphatic carbocycles. The van der Waals surface area contributed by atoms with Gasteiger partial charge in [-0.2, -0.15) is 4.79 Å². The first-order chi connectivity index (χ1) is 4.72. The quantitative estimate of drug-likeness (QED) is 0.396. The molecule has 0 saturated carbocycles. The van der Waals surface area contributed by atoms with E-state index in [-0.39, 0.29) is 12.4 Å². The van der Waals surface area contributed by atoms with Crippen LogP contribution in [0.4, 0.5) is 0 Å². The summed E-state index contributed by atoms with van der Waals surface area (Å²) < 4.78 is 0. The molecule has 0 fully saturated rings. The van der Waals surface area contributed by atoms with Crippen molar-refractivity contribution in [3.8, 4) is 0 Å². The van der Waals surface area contributed by atoms with Gasteiger partial charge in [0.15, 0.2) is 0 Å². The predicted octanol–water partition coefficient (Wildman–Crippen LogP) is 2.38. The summed E-state index contributed by atoms with van der Waals surface area (Å²) in [7, 11) is 0. The van der Waals surface area contributed by atoms with Gasteiger partial charge < -0.3 is 5.53 Å². The Morgan fingerprint density at radius 2 is 2.00 bits per heavy atom. The maximum atomic E-state index is 8.44. The molecule has 0 saturated heterocycles. The smallest absolute Gasteiger partial charge is 0.296 e. The van der Waals surface area contributed by atoms with Gasteiger partial charge in [0.1, 0.15) is 0 Å². The largest absolute Gasteiger partial charge is 0.361 e. The second-order valence-electron chi connectivity index (χ2n) is 2.65. The van der Waals surface area contributed by atoms with E-state index in [4.69, 9.17) is 5.53 Å². The summed E-state index contributed by atoms with van der Waals surface area (Å²) in [6.45, 7) is 4.02. The van der Waals surface area contributed by atoms with E-state index in [1.165, 1.54) is 5.57 Å². The lowest BCUT2D eigenvalue weighted by atomic mass is 10.0. The Hall–Kier alpha value is -0.850. The van der Waals surface area contributed by atoms with Crippen molar-refractivity contribution in [2.75, 3.05) is 0 Å². The summed E-state index contributed by atoms with van der Waals surface area (Å²) >= 11 is 0. The molecule has 0 aliphatic heterocycles. The SMILES string of the molecule is CC1=CC(=[N+]=[N-])CC(C)=C1.Cl. The van der Waals surface area contributed by atoms with Crippen LogP contribution in [0.1, 0.15) is 20.3 Å². The Kier molecular flexibility index (Phi) is 3.80. The molecule has 0 spiro atoms. The van der Waals surface area contributed by atoms with Crippen LogP contribution in [0.2, 0.25) is 0 Å². The van der Waals surface area contributed by atoms with Crippen LogP contribution in [0, 0.1) is 0 Å². The molecule has 0 unspecified atom stereocenters. The molecule has 0 aromatic heterocycles. The van der Waals surface area contributed by atoms with Crippen LogP contribution in [-0.4, -0.2) is 10.5 Å². The molecule has 1 aliphatic rings. The van der Waals surface area contributed by atoms with Gasteiger partial charge >= 0.3 is 0 Å². The zero-order valence-electron chi connectivity index (χ0n) is 6.66. The van der Waals surface area contributed by atoms with Gasteiger partial charge in [-0.05, 0) is 19.4 Å². The molecule has 60 valence electrons. The van der Waals surface area contributed by atoms with Crippen LogP contribution in [0.25, 0.3) is 5.53 Å². The van der Waals surface area contributed by atoms with E-state index in [0.717, 1.165) is 17.7 Å². The molecular weight excluding hydrogens is 160 g/mol. The highest BCUT2D eigenvalue weighted by atomic mass is 35.5. The van der Waals surface area contributed by atoms with Crippen molar-refractivity contribution in [3.05, 3.63) is 28.8 Å². The number of halogens is 1. The second-order valence-corrected chi connectivity index (χ2v) is 2.65. The van der Waals surface area contributed by atoms with Crippen LogP contribution >= 0.6 is 12.4 Å². The number of rotatable bonds is 0. The first-order valence-electron chi connectivity index (χ1n) is 3.29. The van der Waals surface area contributed by atoms with Crippen molar-refractivity contribution < 1.29 is 4.79 Å². The molecule has 3 heteroatoms. The Balaban J connectivity index is 0.000001000. The van der Waals surface area contributed by atoms with Gasteiger partial charge in [-0.25, -0.2) is 0 Å². The third-order valence-electron chi connectivity index (χ3n) is 1.46. The number of allylic oxidation sites excluding steroid dienone is 4. The van der Waals surface area contributed by atoms with E-state index in [1.54, 1.807) is 0 Å². The summed E-state index contributed by atoms with van der Waals surface area (Å²) in [4.78, 5) is 3.15. The van der Waals surface area contributed by atoms with Crippen molar-refractivity contribution >= 4 is 18.1 Å². The first kappa shape index (κ1) is 10.2. The van der Waals surface area contributed by atoms with E-state index in [2.05, 4.69) is 10.9 Å². The van der Waals surface area contributed by atoms with E-state index in [1.807, 2.05) is 19.9 Å².